The molecule has 1 heterocycles. The van der Waals surface area contributed by atoms with Gasteiger partial charge in [-0.3, -0.25) is 9.69 Å². The number of benzene rings is 2. The van der Waals surface area contributed by atoms with Crippen LogP contribution in [0.3, 0.4) is 0 Å². The molecule has 0 aliphatic carbocycles. The zero-order valence-corrected chi connectivity index (χ0v) is 18.5. The molecule has 1 saturated heterocycles. The Morgan fingerprint density at radius 3 is 2.52 bits per heavy atom. The van der Waals surface area contributed by atoms with Gasteiger partial charge >= 0.3 is 0 Å². The molecule has 0 radical (unpaired) electrons. The minimum atomic E-state index is -0.279. The largest absolute Gasteiger partial charge is 0.507 e. The summed E-state index contributed by atoms with van der Waals surface area (Å²) in [6.07, 6.45) is 6.75. The average molecular weight is 426 g/mol. The number of rotatable bonds is 9. The number of aromatic hydroxyl groups is 1. The number of allylic oxidation sites excluding steroid dienone is 1. The normalized spacial score (nSPS) is 14.5. The molecule has 1 aliphatic rings. The number of phenols is 1. The molecule has 1 fully saturated rings. The summed E-state index contributed by atoms with van der Waals surface area (Å²) >= 11 is 0. The highest BCUT2D eigenvalue weighted by atomic mass is 16.5. The maximum Gasteiger partial charge on any atom is 0.189 e. The first kappa shape index (κ1) is 22.7. The van der Waals surface area contributed by atoms with Gasteiger partial charge in [0.2, 0.25) is 0 Å². The summed E-state index contributed by atoms with van der Waals surface area (Å²) in [6, 6.07) is 8.69. The summed E-state index contributed by atoms with van der Waals surface area (Å²) in [4.78, 5) is 15.3. The first-order chi connectivity index (χ1) is 15.0. The molecule has 2 aromatic rings. The lowest BCUT2D eigenvalue weighted by Crippen LogP contribution is -2.29. The van der Waals surface area contributed by atoms with Gasteiger partial charge in [-0.1, -0.05) is 6.42 Å². The van der Waals surface area contributed by atoms with Crippen LogP contribution in [0.25, 0.3) is 6.08 Å². The van der Waals surface area contributed by atoms with Crippen molar-refractivity contribution in [3.05, 3.63) is 53.1 Å². The Hall–Kier alpha value is -2.99. The summed E-state index contributed by atoms with van der Waals surface area (Å²) in [7, 11) is 3.16. The highest BCUT2D eigenvalue weighted by Gasteiger charge is 2.18. The molecule has 2 aromatic carbocycles. The van der Waals surface area contributed by atoms with Crippen LogP contribution < -0.4 is 14.2 Å². The quantitative estimate of drug-likeness (QED) is 0.464. The van der Waals surface area contributed by atoms with E-state index in [9.17, 15) is 9.90 Å². The molecule has 6 nitrogen and oxygen atoms in total. The van der Waals surface area contributed by atoms with E-state index in [1.54, 1.807) is 44.6 Å². The van der Waals surface area contributed by atoms with Gasteiger partial charge < -0.3 is 19.3 Å². The van der Waals surface area contributed by atoms with Crippen molar-refractivity contribution in [2.24, 2.45) is 0 Å². The van der Waals surface area contributed by atoms with Crippen molar-refractivity contribution in [3.8, 4) is 23.0 Å². The zero-order valence-electron chi connectivity index (χ0n) is 18.5. The molecule has 0 amide bonds. The maximum atomic E-state index is 12.9. The fourth-order valence-electron chi connectivity index (χ4n) is 3.79. The Balaban J connectivity index is 1.86. The second-order valence-corrected chi connectivity index (χ2v) is 7.55. The van der Waals surface area contributed by atoms with Crippen LogP contribution in [0, 0.1) is 0 Å². The molecule has 1 aliphatic heterocycles. The van der Waals surface area contributed by atoms with Crippen molar-refractivity contribution in [3.63, 3.8) is 0 Å². The topological polar surface area (TPSA) is 68.2 Å². The Kier molecular flexibility index (Phi) is 7.95. The number of carbonyl (C=O) groups excluding carboxylic acids is 1. The fraction of sp³-hybridized carbons (Fsp3) is 0.400. The summed E-state index contributed by atoms with van der Waals surface area (Å²) in [5.41, 5.74) is 1.93. The van der Waals surface area contributed by atoms with Gasteiger partial charge in [-0.15, -0.1) is 0 Å². The molecule has 6 heteroatoms. The number of methoxy groups -OCH3 is 2. The van der Waals surface area contributed by atoms with Gasteiger partial charge in [0.1, 0.15) is 23.0 Å². The van der Waals surface area contributed by atoms with Crippen molar-refractivity contribution >= 4 is 11.9 Å². The summed E-state index contributed by atoms with van der Waals surface area (Å²) in [5.74, 6) is 1.54. The summed E-state index contributed by atoms with van der Waals surface area (Å²) in [5, 5.41) is 10.5. The molecule has 3 rings (SSSR count). The van der Waals surface area contributed by atoms with Crippen molar-refractivity contribution in [1.82, 2.24) is 4.90 Å². The molecular formula is C25H31NO5. The molecule has 1 N–H and O–H groups in total. The highest BCUT2D eigenvalue weighted by molar-refractivity contribution is 6.09. The third-order valence-electron chi connectivity index (χ3n) is 5.44. The van der Waals surface area contributed by atoms with Crippen LogP contribution >= 0.6 is 0 Å². The van der Waals surface area contributed by atoms with E-state index in [1.807, 2.05) is 13.0 Å². The Morgan fingerprint density at radius 1 is 1.06 bits per heavy atom. The van der Waals surface area contributed by atoms with Gasteiger partial charge in [0.25, 0.3) is 0 Å². The van der Waals surface area contributed by atoms with E-state index in [0.29, 0.717) is 30.4 Å². The maximum absolute atomic E-state index is 12.9. The number of ketones is 1. The van der Waals surface area contributed by atoms with Crippen molar-refractivity contribution in [2.45, 2.75) is 32.7 Å². The molecule has 0 bridgehead atoms. The van der Waals surface area contributed by atoms with Crippen LogP contribution in [0.4, 0.5) is 0 Å². The average Bonchev–Trinajstić information content (AvgIpc) is 2.79. The van der Waals surface area contributed by atoms with Crippen molar-refractivity contribution < 1.29 is 24.1 Å². The van der Waals surface area contributed by atoms with Crippen LogP contribution in [-0.4, -0.2) is 49.7 Å². The first-order valence-corrected chi connectivity index (χ1v) is 10.7. The smallest absolute Gasteiger partial charge is 0.189 e. The van der Waals surface area contributed by atoms with E-state index in [0.717, 1.165) is 24.2 Å². The van der Waals surface area contributed by atoms with E-state index in [2.05, 4.69) is 4.90 Å². The van der Waals surface area contributed by atoms with Gasteiger partial charge in [-0.2, -0.15) is 0 Å². The van der Waals surface area contributed by atoms with Crippen molar-refractivity contribution in [2.75, 3.05) is 33.9 Å². The molecule has 0 atom stereocenters. The number of ether oxygens (including phenoxy) is 3. The SMILES string of the molecule is CCOc1cc(O)c(C(=O)/C=C/c2ccc(OC)cc2OC)cc1CN1CCCCC1. The number of likely N-dealkylation sites (tertiary alicyclic amines) is 1. The Bertz CT molecular complexity index is 932. The van der Waals surface area contributed by atoms with Crippen LogP contribution in [0.5, 0.6) is 23.0 Å². The highest BCUT2D eigenvalue weighted by Crippen LogP contribution is 2.31. The van der Waals surface area contributed by atoms with E-state index in [1.165, 1.54) is 25.3 Å². The van der Waals surface area contributed by atoms with E-state index in [-0.39, 0.29) is 17.1 Å². The van der Waals surface area contributed by atoms with Gasteiger partial charge in [0.15, 0.2) is 5.78 Å². The molecule has 31 heavy (non-hydrogen) atoms. The lowest BCUT2D eigenvalue weighted by molar-refractivity contribution is 0.104. The number of carbonyl (C=O) groups is 1. The van der Waals surface area contributed by atoms with Gasteiger partial charge in [0.05, 0.1) is 26.4 Å². The Labute approximate surface area is 184 Å². The van der Waals surface area contributed by atoms with Gasteiger partial charge in [-0.05, 0) is 63.2 Å². The molecule has 0 aromatic heterocycles. The molecule has 166 valence electrons. The fourth-order valence-corrected chi connectivity index (χ4v) is 3.79. The number of nitrogens with zero attached hydrogens (tertiary/aromatic N) is 1. The monoisotopic (exact) mass is 425 g/mol. The van der Waals surface area contributed by atoms with Crippen LogP contribution in [-0.2, 0) is 6.54 Å². The molecule has 0 unspecified atom stereocenters. The lowest BCUT2D eigenvalue weighted by Gasteiger charge is -2.27. The van der Waals surface area contributed by atoms with Gasteiger partial charge in [-0.25, -0.2) is 0 Å². The standard InChI is InChI=1S/C25H31NO5/c1-4-31-25-16-23(28)21(14-19(25)17-26-12-6-5-7-13-26)22(27)11-9-18-8-10-20(29-2)15-24(18)30-3/h8-11,14-16,28H,4-7,12-13,17H2,1-3H3/b11-9+. The molecule has 0 spiro atoms. The van der Waals surface area contributed by atoms with Crippen LogP contribution in [0.15, 0.2) is 36.4 Å². The number of phenolic OH excluding ortho intramolecular Hbond substituents is 1. The van der Waals surface area contributed by atoms with E-state index < -0.39 is 0 Å². The summed E-state index contributed by atoms with van der Waals surface area (Å²) in [6.45, 7) is 5.17. The number of hydrogen-bond donors (Lipinski definition) is 1. The molecular weight excluding hydrogens is 394 g/mol. The van der Waals surface area contributed by atoms with Crippen LogP contribution in [0.1, 0.15) is 47.7 Å². The lowest BCUT2D eigenvalue weighted by atomic mass is 10.0. The van der Waals surface area contributed by atoms with E-state index in [4.69, 9.17) is 14.2 Å². The second kappa shape index (κ2) is 10.9. The third-order valence-corrected chi connectivity index (χ3v) is 5.44. The zero-order chi connectivity index (χ0) is 22.2. The van der Waals surface area contributed by atoms with Gasteiger partial charge in [0, 0.05) is 29.8 Å². The number of piperidine rings is 1. The third kappa shape index (κ3) is 5.79. The minimum Gasteiger partial charge on any atom is -0.507 e. The first-order valence-electron chi connectivity index (χ1n) is 10.7. The Morgan fingerprint density at radius 2 is 1.84 bits per heavy atom. The van der Waals surface area contributed by atoms with E-state index >= 15 is 0 Å². The van der Waals surface area contributed by atoms with Crippen LogP contribution in [0.2, 0.25) is 0 Å². The van der Waals surface area contributed by atoms with Crippen molar-refractivity contribution in [1.29, 1.82) is 0 Å². The molecule has 0 saturated carbocycles. The second-order valence-electron chi connectivity index (χ2n) is 7.55. The predicted octanol–water partition coefficient (Wildman–Crippen LogP) is 4.69. The number of hydrogen-bond acceptors (Lipinski definition) is 6. The predicted molar refractivity (Wildman–Crippen MR) is 121 cm³/mol. The minimum absolute atomic E-state index is 0.0813. The summed E-state index contributed by atoms with van der Waals surface area (Å²) < 4.78 is 16.3.